The summed E-state index contributed by atoms with van der Waals surface area (Å²) in [5.41, 5.74) is 4.38. The molecule has 1 aliphatic rings. The molecule has 0 atom stereocenters. The summed E-state index contributed by atoms with van der Waals surface area (Å²) in [5.74, 6) is 0.963. The number of hydrogen-bond acceptors (Lipinski definition) is 0. The average Bonchev–Trinajstić information content (AvgIpc) is 2.26. The first kappa shape index (κ1) is 8.86. The van der Waals surface area contributed by atoms with Crippen LogP contribution < -0.4 is 0 Å². The molecule has 1 nitrogen and oxygen atoms in total. The first-order valence-corrected chi connectivity index (χ1v) is 5.31. The second-order valence-corrected chi connectivity index (χ2v) is 4.47. The van der Waals surface area contributed by atoms with Crippen LogP contribution in [0.3, 0.4) is 0 Å². The predicted molar refractivity (Wildman–Crippen MR) is 56.0 cm³/mol. The lowest BCUT2D eigenvalue weighted by Gasteiger charge is -2.26. The van der Waals surface area contributed by atoms with Gasteiger partial charge in [0, 0.05) is 18.4 Å². The SMILES string of the molecule is Cc1cn(CC2CCC2)c(C)c1C. The summed E-state index contributed by atoms with van der Waals surface area (Å²) in [7, 11) is 0. The maximum Gasteiger partial charge on any atom is 0.0250 e. The maximum atomic E-state index is 2.44. The Balaban J connectivity index is 2.14. The molecular formula is C12H19N. The van der Waals surface area contributed by atoms with Crippen molar-refractivity contribution in [2.75, 3.05) is 0 Å². The summed E-state index contributed by atoms with van der Waals surface area (Å²) in [5, 5.41) is 0. The van der Waals surface area contributed by atoms with E-state index >= 15 is 0 Å². The van der Waals surface area contributed by atoms with Crippen LogP contribution in [0.25, 0.3) is 0 Å². The van der Waals surface area contributed by atoms with Gasteiger partial charge in [0.15, 0.2) is 0 Å². The predicted octanol–water partition coefficient (Wildman–Crippen LogP) is 3.21. The van der Waals surface area contributed by atoms with Crippen molar-refractivity contribution in [3.8, 4) is 0 Å². The highest BCUT2D eigenvalue weighted by Gasteiger charge is 2.18. The van der Waals surface area contributed by atoms with Crippen LogP contribution in [0, 0.1) is 26.7 Å². The smallest absolute Gasteiger partial charge is 0.0250 e. The zero-order valence-corrected chi connectivity index (χ0v) is 8.93. The summed E-state index contributed by atoms with van der Waals surface area (Å²) < 4.78 is 2.44. The van der Waals surface area contributed by atoms with Gasteiger partial charge in [-0.1, -0.05) is 6.42 Å². The lowest BCUT2D eigenvalue weighted by atomic mass is 9.85. The van der Waals surface area contributed by atoms with Crippen LogP contribution in [-0.4, -0.2) is 4.57 Å². The van der Waals surface area contributed by atoms with E-state index < -0.39 is 0 Å². The lowest BCUT2D eigenvalue weighted by Crippen LogP contribution is -2.18. The maximum absolute atomic E-state index is 2.44. The van der Waals surface area contributed by atoms with Crippen molar-refractivity contribution in [2.24, 2.45) is 5.92 Å². The summed E-state index contributed by atoms with van der Waals surface area (Å²) in [6.07, 6.45) is 6.64. The molecule has 0 N–H and O–H groups in total. The van der Waals surface area contributed by atoms with E-state index in [-0.39, 0.29) is 0 Å². The van der Waals surface area contributed by atoms with E-state index in [1.165, 1.54) is 42.6 Å². The Morgan fingerprint density at radius 3 is 2.38 bits per heavy atom. The topological polar surface area (TPSA) is 4.93 Å². The van der Waals surface area contributed by atoms with Gasteiger partial charge in [0.1, 0.15) is 0 Å². The number of hydrogen-bond donors (Lipinski definition) is 0. The highest BCUT2D eigenvalue weighted by molar-refractivity contribution is 5.28. The normalized spacial score (nSPS) is 17.5. The summed E-state index contributed by atoms with van der Waals surface area (Å²) in [6.45, 7) is 7.92. The molecule has 1 fully saturated rings. The van der Waals surface area contributed by atoms with Crippen molar-refractivity contribution in [1.82, 2.24) is 4.57 Å². The summed E-state index contributed by atoms with van der Waals surface area (Å²) >= 11 is 0. The van der Waals surface area contributed by atoms with Crippen molar-refractivity contribution >= 4 is 0 Å². The standard InChI is InChI=1S/C12H19N/c1-9-7-13(11(3)10(9)2)8-12-5-4-6-12/h7,12H,4-6,8H2,1-3H3. The molecule has 0 aliphatic heterocycles. The quantitative estimate of drug-likeness (QED) is 0.653. The molecule has 1 aromatic heterocycles. The fraction of sp³-hybridized carbons (Fsp3) is 0.667. The van der Waals surface area contributed by atoms with Crippen LogP contribution in [0.15, 0.2) is 6.20 Å². The Morgan fingerprint density at radius 2 is 2.00 bits per heavy atom. The van der Waals surface area contributed by atoms with Crippen LogP contribution in [0.2, 0.25) is 0 Å². The molecule has 0 amide bonds. The first-order valence-electron chi connectivity index (χ1n) is 5.31. The van der Waals surface area contributed by atoms with Crippen molar-refractivity contribution in [3.05, 3.63) is 23.0 Å². The number of nitrogens with zero attached hydrogens (tertiary/aromatic N) is 1. The van der Waals surface area contributed by atoms with E-state index in [0.29, 0.717) is 0 Å². The molecule has 1 saturated carbocycles. The van der Waals surface area contributed by atoms with E-state index in [2.05, 4.69) is 31.5 Å². The molecule has 0 spiro atoms. The van der Waals surface area contributed by atoms with Gasteiger partial charge in [0.05, 0.1) is 0 Å². The highest BCUT2D eigenvalue weighted by Crippen LogP contribution is 2.29. The summed E-state index contributed by atoms with van der Waals surface area (Å²) in [6, 6.07) is 0. The first-order chi connectivity index (χ1) is 6.18. The third-order valence-corrected chi connectivity index (χ3v) is 3.59. The molecular weight excluding hydrogens is 158 g/mol. The van der Waals surface area contributed by atoms with E-state index in [4.69, 9.17) is 0 Å². The molecule has 1 aliphatic carbocycles. The number of aromatic nitrogens is 1. The number of rotatable bonds is 2. The lowest BCUT2D eigenvalue weighted by molar-refractivity contribution is 0.275. The van der Waals surface area contributed by atoms with Gasteiger partial charge in [-0.2, -0.15) is 0 Å². The highest BCUT2D eigenvalue weighted by atomic mass is 15.0. The fourth-order valence-corrected chi connectivity index (χ4v) is 2.07. The molecule has 0 unspecified atom stereocenters. The molecule has 0 aromatic carbocycles. The second kappa shape index (κ2) is 3.21. The monoisotopic (exact) mass is 177 g/mol. The Bertz CT molecular complexity index is 305. The van der Waals surface area contributed by atoms with Crippen molar-refractivity contribution in [3.63, 3.8) is 0 Å². The van der Waals surface area contributed by atoms with Crippen molar-refractivity contribution in [1.29, 1.82) is 0 Å². The van der Waals surface area contributed by atoms with Gasteiger partial charge in [-0.05, 0) is 50.7 Å². The molecule has 1 heterocycles. The van der Waals surface area contributed by atoms with Crippen LogP contribution in [0.5, 0.6) is 0 Å². The third-order valence-electron chi connectivity index (χ3n) is 3.59. The van der Waals surface area contributed by atoms with Crippen LogP contribution in [0.4, 0.5) is 0 Å². The molecule has 1 heteroatoms. The Morgan fingerprint density at radius 1 is 1.31 bits per heavy atom. The largest absolute Gasteiger partial charge is 0.351 e. The molecule has 2 rings (SSSR count). The van der Waals surface area contributed by atoms with Gasteiger partial charge in [-0.15, -0.1) is 0 Å². The summed E-state index contributed by atoms with van der Waals surface area (Å²) in [4.78, 5) is 0. The minimum Gasteiger partial charge on any atom is -0.351 e. The number of aryl methyl sites for hydroxylation is 1. The van der Waals surface area contributed by atoms with Gasteiger partial charge in [0.25, 0.3) is 0 Å². The van der Waals surface area contributed by atoms with Gasteiger partial charge in [-0.25, -0.2) is 0 Å². The molecule has 72 valence electrons. The Hall–Kier alpha value is -0.720. The van der Waals surface area contributed by atoms with Crippen molar-refractivity contribution < 1.29 is 0 Å². The van der Waals surface area contributed by atoms with Gasteiger partial charge < -0.3 is 4.57 Å². The molecule has 0 radical (unpaired) electrons. The molecule has 0 saturated heterocycles. The minimum absolute atomic E-state index is 0.963. The van der Waals surface area contributed by atoms with Gasteiger partial charge >= 0.3 is 0 Å². The second-order valence-electron chi connectivity index (χ2n) is 4.47. The fourth-order valence-electron chi connectivity index (χ4n) is 2.07. The van der Waals surface area contributed by atoms with Crippen molar-refractivity contribution in [2.45, 2.75) is 46.6 Å². The Labute approximate surface area is 80.8 Å². The molecule has 13 heavy (non-hydrogen) atoms. The third kappa shape index (κ3) is 1.52. The minimum atomic E-state index is 0.963. The van der Waals surface area contributed by atoms with Crippen LogP contribution in [-0.2, 0) is 6.54 Å². The average molecular weight is 177 g/mol. The molecule has 1 aromatic rings. The van der Waals surface area contributed by atoms with E-state index in [0.717, 1.165) is 5.92 Å². The van der Waals surface area contributed by atoms with Gasteiger partial charge in [-0.3, -0.25) is 0 Å². The van der Waals surface area contributed by atoms with Gasteiger partial charge in [0.2, 0.25) is 0 Å². The van der Waals surface area contributed by atoms with E-state index in [9.17, 15) is 0 Å². The molecule has 0 bridgehead atoms. The Kier molecular flexibility index (Phi) is 2.19. The zero-order valence-electron chi connectivity index (χ0n) is 8.93. The van der Waals surface area contributed by atoms with E-state index in [1.807, 2.05) is 0 Å². The van der Waals surface area contributed by atoms with Crippen LogP contribution in [0.1, 0.15) is 36.1 Å². The van der Waals surface area contributed by atoms with E-state index in [1.54, 1.807) is 0 Å². The van der Waals surface area contributed by atoms with Crippen LogP contribution >= 0.6 is 0 Å². The zero-order chi connectivity index (χ0) is 9.42.